The molecule has 2 aromatic carbocycles. The molecule has 0 aliphatic rings. The highest BCUT2D eigenvalue weighted by molar-refractivity contribution is 9.10. The number of hydrogen-bond donors (Lipinski definition) is 1. The zero-order chi connectivity index (χ0) is 13.8. The first-order valence-electron chi connectivity index (χ1n) is 5.48. The fourth-order valence-corrected chi connectivity index (χ4v) is 2.07. The van der Waals surface area contributed by atoms with Crippen molar-refractivity contribution < 1.29 is 9.31 Å². The zero-order valence-corrected chi connectivity index (χ0v) is 11.4. The molecule has 2 rings (SSSR count). The molecule has 19 heavy (non-hydrogen) atoms. The van der Waals surface area contributed by atoms with Crippen LogP contribution in [0.25, 0.3) is 0 Å². The van der Waals surface area contributed by atoms with Crippen LogP contribution in [0.4, 0.5) is 15.8 Å². The molecule has 0 fully saturated rings. The van der Waals surface area contributed by atoms with Crippen molar-refractivity contribution in [1.82, 2.24) is 0 Å². The Kier molecular flexibility index (Phi) is 4.11. The molecular formula is C13H10BrFN2O2. The number of nitrogens with zero attached hydrogens (tertiary/aromatic N) is 1. The lowest BCUT2D eigenvalue weighted by Crippen LogP contribution is -2.01. The first-order chi connectivity index (χ1) is 9.06. The van der Waals surface area contributed by atoms with E-state index in [1.807, 2.05) is 24.3 Å². The summed E-state index contributed by atoms with van der Waals surface area (Å²) in [6.07, 6.45) is 0. The standard InChI is InChI=1S/C13H10BrFN2O2/c14-12-3-1-2-4-13(12)16-8-9-5-10(15)7-11(6-9)17(18)19/h1-7,16H,8H2. The molecule has 0 heterocycles. The minimum Gasteiger partial charge on any atom is -0.380 e. The summed E-state index contributed by atoms with van der Waals surface area (Å²) >= 11 is 3.38. The Morgan fingerprint density at radius 1 is 1.26 bits per heavy atom. The molecule has 0 bridgehead atoms. The van der Waals surface area contributed by atoms with Crippen LogP contribution < -0.4 is 5.32 Å². The van der Waals surface area contributed by atoms with E-state index in [9.17, 15) is 14.5 Å². The fourth-order valence-electron chi connectivity index (χ4n) is 1.64. The van der Waals surface area contributed by atoms with Crippen LogP contribution >= 0.6 is 15.9 Å². The van der Waals surface area contributed by atoms with Gasteiger partial charge in [0.25, 0.3) is 5.69 Å². The maximum Gasteiger partial charge on any atom is 0.272 e. The molecule has 0 atom stereocenters. The molecule has 0 saturated heterocycles. The van der Waals surface area contributed by atoms with Crippen molar-refractivity contribution in [1.29, 1.82) is 0 Å². The normalized spacial score (nSPS) is 10.2. The molecule has 0 saturated carbocycles. The average molecular weight is 325 g/mol. The maximum absolute atomic E-state index is 13.3. The van der Waals surface area contributed by atoms with Crippen LogP contribution in [0.15, 0.2) is 46.9 Å². The highest BCUT2D eigenvalue weighted by Crippen LogP contribution is 2.23. The van der Waals surface area contributed by atoms with Crippen molar-refractivity contribution in [2.45, 2.75) is 6.54 Å². The molecular weight excluding hydrogens is 315 g/mol. The van der Waals surface area contributed by atoms with Gasteiger partial charge in [0, 0.05) is 22.8 Å². The second-order valence-electron chi connectivity index (χ2n) is 3.91. The molecule has 0 aliphatic carbocycles. The zero-order valence-electron chi connectivity index (χ0n) is 9.77. The van der Waals surface area contributed by atoms with Gasteiger partial charge in [0.2, 0.25) is 0 Å². The van der Waals surface area contributed by atoms with Crippen LogP contribution in [-0.2, 0) is 6.54 Å². The first-order valence-corrected chi connectivity index (χ1v) is 6.28. The van der Waals surface area contributed by atoms with E-state index in [2.05, 4.69) is 21.2 Å². The van der Waals surface area contributed by atoms with Crippen molar-refractivity contribution in [3.05, 3.63) is 68.4 Å². The number of benzene rings is 2. The Balaban J connectivity index is 2.16. The van der Waals surface area contributed by atoms with Gasteiger partial charge >= 0.3 is 0 Å². The Hall–Kier alpha value is -1.95. The van der Waals surface area contributed by atoms with Crippen LogP contribution in [0.2, 0.25) is 0 Å². The van der Waals surface area contributed by atoms with Crippen LogP contribution in [0, 0.1) is 15.9 Å². The average Bonchev–Trinajstić information content (AvgIpc) is 2.37. The maximum atomic E-state index is 13.3. The molecule has 98 valence electrons. The molecule has 1 N–H and O–H groups in total. The van der Waals surface area contributed by atoms with E-state index in [-0.39, 0.29) is 5.69 Å². The van der Waals surface area contributed by atoms with Crippen molar-refractivity contribution >= 4 is 27.3 Å². The summed E-state index contributed by atoms with van der Waals surface area (Å²) in [5.41, 5.74) is 1.11. The predicted molar refractivity (Wildman–Crippen MR) is 74.5 cm³/mol. The number of para-hydroxylation sites is 1. The van der Waals surface area contributed by atoms with E-state index in [1.54, 1.807) is 0 Å². The first kappa shape index (κ1) is 13.5. The summed E-state index contributed by atoms with van der Waals surface area (Å²) in [5.74, 6) is -0.613. The van der Waals surface area contributed by atoms with Crippen LogP contribution in [0.1, 0.15) is 5.56 Å². The number of nitrogens with one attached hydrogen (secondary N) is 1. The number of non-ortho nitro benzene ring substituents is 1. The van der Waals surface area contributed by atoms with Crippen molar-refractivity contribution in [3.63, 3.8) is 0 Å². The van der Waals surface area contributed by atoms with E-state index >= 15 is 0 Å². The summed E-state index contributed by atoms with van der Waals surface area (Å²) in [4.78, 5) is 10.0. The molecule has 0 aromatic heterocycles. The molecule has 0 spiro atoms. The lowest BCUT2D eigenvalue weighted by molar-refractivity contribution is -0.385. The van der Waals surface area contributed by atoms with Gasteiger partial charge in [0.05, 0.1) is 11.0 Å². The van der Waals surface area contributed by atoms with Crippen molar-refractivity contribution in [2.75, 3.05) is 5.32 Å². The van der Waals surface area contributed by atoms with E-state index < -0.39 is 10.7 Å². The van der Waals surface area contributed by atoms with Gasteiger partial charge in [-0.3, -0.25) is 10.1 Å². The molecule has 0 aliphatic heterocycles. The highest BCUT2D eigenvalue weighted by atomic mass is 79.9. The van der Waals surface area contributed by atoms with Crippen molar-refractivity contribution in [2.24, 2.45) is 0 Å². The van der Waals surface area contributed by atoms with Gasteiger partial charge in [0.15, 0.2) is 0 Å². The monoisotopic (exact) mass is 324 g/mol. The molecule has 0 radical (unpaired) electrons. The predicted octanol–water partition coefficient (Wildman–Crippen LogP) is 4.11. The number of nitro groups is 1. The Bertz CT molecular complexity index is 619. The third kappa shape index (κ3) is 3.51. The van der Waals surface area contributed by atoms with Crippen LogP contribution in [0.3, 0.4) is 0 Å². The van der Waals surface area contributed by atoms with Gasteiger partial charge < -0.3 is 5.32 Å². The molecule has 0 unspecified atom stereocenters. The third-order valence-corrected chi connectivity index (χ3v) is 3.20. The minimum atomic E-state index is -0.613. The summed E-state index contributed by atoms with van der Waals surface area (Å²) in [7, 11) is 0. The largest absolute Gasteiger partial charge is 0.380 e. The third-order valence-electron chi connectivity index (χ3n) is 2.51. The van der Waals surface area contributed by atoms with Crippen LogP contribution in [-0.4, -0.2) is 4.92 Å². The van der Waals surface area contributed by atoms with Gasteiger partial charge in [-0.2, -0.15) is 0 Å². The van der Waals surface area contributed by atoms with Gasteiger partial charge in [-0.05, 0) is 39.7 Å². The Labute approximate surface area is 117 Å². The summed E-state index contributed by atoms with van der Waals surface area (Å²) in [6.45, 7) is 0.307. The molecule has 0 amide bonds. The molecule has 2 aromatic rings. The number of rotatable bonds is 4. The van der Waals surface area contributed by atoms with Gasteiger partial charge in [0.1, 0.15) is 5.82 Å². The Morgan fingerprint density at radius 2 is 2.00 bits per heavy atom. The molecule has 6 heteroatoms. The SMILES string of the molecule is O=[N+]([O-])c1cc(F)cc(CNc2ccccc2Br)c1. The summed E-state index contributed by atoms with van der Waals surface area (Å²) < 4.78 is 14.1. The van der Waals surface area contributed by atoms with Gasteiger partial charge in [-0.25, -0.2) is 4.39 Å². The minimum absolute atomic E-state index is 0.246. The van der Waals surface area contributed by atoms with E-state index in [0.29, 0.717) is 12.1 Å². The second kappa shape index (κ2) is 5.79. The number of hydrogen-bond acceptors (Lipinski definition) is 3. The number of nitro benzene ring substituents is 1. The smallest absolute Gasteiger partial charge is 0.272 e. The lowest BCUT2D eigenvalue weighted by atomic mass is 10.2. The van der Waals surface area contributed by atoms with Gasteiger partial charge in [-0.1, -0.05) is 12.1 Å². The number of anilines is 1. The topological polar surface area (TPSA) is 55.2 Å². The second-order valence-corrected chi connectivity index (χ2v) is 4.76. The van der Waals surface area contributed by atoms with Crippen molar-refractivity contribution in [3.8, 4) is 0 Å². The number of halogens is 2. The lowest BCUT2D eigenvalue weighted by Gasteiger charge is -2.08. The quantitative estimate of drug-likeness (QED) is 0.680. The van der Waals surface area contributed by atoms with E-state index in [0.717, 1.165) is 16.2 Å². The Morgan fingerprint density at radius 3 is 2.68 bits per heavy atom. The van der Waals surface area contributed by atoms with Crippen LogP contribution in [0.5, 0.6) is 0 Å². The van der Waals surface area contributed by atoms with Gasteiger partial charge in [-0.15, -0.1) is 0 Å². The summed E-state index contributed by atoms with van der Waals surface area (Å²) in [6, 6.07) is 11.0. The van der Waals surface area contributed by atoms with E-state index in [4.69, 9.17) is 0 Å². The summed E-state index contributed by atoms with van der Waals surface area (Å²) in [5, 5.41) is 13.7. The fraction of sp³-hybridized carbons (Fsp3) is 0.0769. The highest BCUT2D eigenvalue weighted by Gasteiger charge is 2.09. The van der Waals surface area contributed by atoms with E-state index in [1.165, 1.54) is 12.1 Å². The molecule has 4 nitrogen and oxygen atoms in total.